The van der Waals surface area contributed by atoms with Gasteiger partial charge in [-0.05, 0) is 12.3 Å². The van der Waals surface area contributed by atoms with Gasteiger partial charge >= 0.3 is 0 Å². The Hall–Kier alpha value is -0.610. The van der Waals surface area contributed by atoms with E-state index in [2.05, 4.69) is 17.2 Å². The molecule has 2 unspecified atom stereocenters. The molecule has 0 aromatic carbocycles. The van der Waals surface area contributed by atoms with Crippen LogP contribution in [0.5, 0.6) is 0 Å². The van der Waals surface area contributed by atoms with Crippen molar-refractivity contribution in [3.63, 3.8) is 0 Å². The van der Waals surface area contributed by atoms with Gasteiger partial charge < -0.3 is 11.1 Å². The van der Waals surface area contributed by atoms with Gasteiger partial charge in [0.05, 0.1) is 5.69 Å². The van der Waals surface area contributed by atoms with Gasteiger partial charge in [0.1, 0.15) is 0 Å². The van der Waals surface area contributed by atoms with E-state index >= 15 is 0 Å². The molecule has 1 fully saturated rings. The topological polar surface area (TPSA) is 50.9 Å². The van der Waals surface area contributed by atoms with Crippen LogP contribution in [0.2, 0.25) is 0 Å². The lowest BCUT2D eigenvalue weighted by molar-refractivity contribution is 0.620. The van der Waals surface area contributed by atoms with E-state index < -0.39 is 0 Å². The van der Waals surface area contributed by atoms with Gasteiger partial charge in [0.25, 0.3) is 0 Å². The molecule has 0 bridgehead atoms. The van der Waals surface area contributed by atoms with Crippen LogP contribution in [-0.4, -0.2) is 17.6 Å². The molecule has 1 saturated carbocycles. The lowest BCUT2D eigenvalue weighted by Gasteiger charge is -2.00. The molecule has 0 saturated heterocycles. The first-order valence-corrected chi connectivity index (χ1v) is 6.11. The summed E-state index contributed by atoms with van der Waals surface area (Å²) in [5.74, 6) is 0.926. The molecule has 2 atom stereocenters. The number of thiazole rings is 1. The fourth-order valence-electron chi connectivity index (χ4n) is 1.77. The molecular formula is C10H17N3S. The van der Waals surface area contributed by atoms with E-state index in [9.17, 15) is 0 Å². The Bertz CT molecular complexity index is 297. The molecule has 1 heterocycles. The maximum absolute atomic E-state index is 5.55. The maximum Gasteiger partial charge on any atom is 0.180 e. The van der Waals surface area contributed by atoms with Crippen molar-refractivity contribution in [2.24, 2.45) is 5.92 Å². The van der Waals surface area contributed by atoms with Crippen LogP contribution in [0.1, 0.15) is 25.5 Å². The predicted molar refractivity (Wildman–Crippen MR) is 60.4 cm³/mol. The minimum Gasteiger partial charge on any atom is -0.375 e. The van der Waals surface area contributed by atoms with Gasteiger partial charge in [-0.2, -0.15) is 0 Å². The average molecular weight is 211 g/mol. The monoisotopic (exact) mass is 211 g/mol. The Kier molecular flexibility index (Phi) is 3.03. The van der Waals surface area contributed by atoms with E-state index in [0.717, 1.165) is 30.6 Å². The fraction of sp³-hybridized carbons (Fsp3) is 0.700. The first-order valence-electron chi connectivity index (χ1n) is 5.23. The molecule has 4 heteroatoms. The molecule has 1 aromatic rings. The second-order valence-electron chi connectivity index (χ2n) is 3.89. The van der Waals surface area contributed by atoms with Gasteiger partial charge in [0, 0.05) is 24.4 Å². The van der Waals surface area contributed by atoms with Crippen molar-refractivity contribution in [3.8, 4) is 0 Å². The zero-order valence-corrected chi connectivity index (χ0v) is 9.31. The second kappa shape index (κ2) is 4.28. The van der Waals surface area contributed by atoms with Gasteiger partial charge in [-0.3, -0.25) is 0 Å². The second-order valence-corrected chi connectivity index (χ2v) is 4.78. The van der Waals surface area contributed by atoms with E-state index in [1.807, 2.05) is 5.38 Å². The summed E-state index contributed by atoms with van der Waals surface area (Å²) in [5, 5.41) is 6.26. The summed E-state index contributed by atoms with van der Waals surface area (Å²) in [6.45, 7) is 3.29. The highest BCUT2D eigenvalue weighted by Crippen LogP contribution is 2.32. The molecule has 3 N–H and O–H groups in total. The van der Waals surface area contributed by atoms with Crippen molar-refractivity contribution >= 4 is 16.5 Å². The normalized spacial score (nSPS) is 25.2. The summed E-state index contributed by atoms with van der Waals surface area (Å²) >= 11 is 1.52. The number of anilines is 1. The molecule has 1 aromatic heterocycles. The van der Waals surface area contributed by atoms with Gasteiger partial charge in [-0.25, -0.2) is 4.98 Å². The molecule has 1 aliphatic carbocycles. The molecule has 0 aliphatic heterocycles. The Balaban J connectivity index is 1.64. The summed E-state index contributed by atoms with van der Waals surface area (Å²) < 4.78 is 0. The Labute approximate surface area is 88.7 Å². The van der Waals surface area contributed by atoms with Crippen molar-refractivity contribution < 1.29 is 0 Å². The third kappa shape index (κ3) is 2.45. The molecule has 78 valence electrons. The molecule has 2 rings (SSSR count). The average Bonchev–Trinajstić information content (AvgIpc) is 2.81. The summed E-state index contributed by atoms with van der Waals surface area (Å²) in [5.41, 5.74) is 6.67. The number of nitrogen functional groups attached to an aromatic ring is 1. The van der Waals surface area contributed by atoms with E-state index in [1.165, 1.54) is 24.2 Å². The zero-order valence-electron chi connectivity index (χ0n) is 8.49. The van der Waals surface area contributed by atoms with Gasteiger partial charge in [0.2, 0.25) is 0 Å². The third-order valence-electron chi connectivity index (χ3n) is 2.80. The number of nitrogens with one attached hydrogen (secondary N) is 1. The van der Waals surface area contributed by atoms with Crippen LogP contribution in [0.15, 0.2) is 5.38 Å². The quantitative estimate of drug-likeness (QED) is 0.778. The molecule has 1 aliphatic rings. The van der Waals surface area contributed by atoms with Crippen LogP contribution >= 0.6 is 11.3 Å². The number of nitrogens with two attached hydrogens (primary N) is 1. The number of aromatic nitrogens is 1. The molecule has 3 nitrogen and oxygen atoms in total. The van der Waals surface area contributed by atoms with Crippen molar-refractivity contribution in [2.75, 3.05) is 12.3 Å². The first kappa shape index (κ1) is 9.93. The van der Waals surface area contributed by atoms with Crippen molar-refractivity contribution in [3.05, 3.63) is 11.1 Å². The predicted octanol–water partition coefficient (Wildman–Crippen LogP) is 1.66. The summed E-state index contributed by atoms with van der Waals surface area (Å²) in [6.07, 6.45) is 3.66. The Morgan fingerprint density at radius 2 is 2.57 bits per heavy atom. The summed E-state index contributed by atoms with van der Waals surface area (Å²) in [6, 6.07) is 0.774. The van der Waals surface area contributed by atoms with Crippen LogP contribution < -0.4 is 11.1 Å². The fourth-order valence-corrected chi connectivity index (χ4v) is 2.37. The van der Waals surface area contributed by atoms with Crippen LogP contribution in [0, 0.1) is 5.92 Å². The zero-order chi connectivity index (χ0) is 9.97. The van der Waals surface area contributed by atoms with E-state index in [-0.39, 0.29) is 0 Å². The van der Waals surface area contributed by atoms with Crippen molar-refractivity contribution in [1.82, 2.24) is 10.3 Å². The largest absolute Gasteiger partial charge is 0.375 e. The van der Waals surface area contributed by atoms with Gasteiger partial charge in [0.15, 0.2) is 5.13 Å². The lowest BCUT2D eigenvalue weighted by atomic mass is 10.3. The number of rotatable bonds is 5. The van der Waals surface area contributed by atoms with Crippen molar-refractivity contribution in [2.45, 2.75) is 32.2 Å². The van der Waals surface area contributed by atoms with Gasteiger partial charge in [-0.1, -0.05) is 13.3 Å². The highest BCUT2D eigenvalue weighted by molar-refractivity contribution is 7.13. The van der Waals surface area contributed by atoms with Crippen LogP contribution in [-0.2, 0) is 6.42 Å². The maximum atomic E-state index is 5.55. The molecule has 0 amide bonds. The molecule has 0 spiro atoms. The molecular weight excluding hydrogens is 194 g/mol. The third-order valence-corrected chi connectivity index (χ3v) is 3.53. The molecule has 14 heavy (non-hydrogen) atoms. The first-order chi connectivity index (χ1) is 6.79. The highest BCUT2D eigenvalue weighted by Gasteiger charge is 2.34. The van der Waals surface area contributed by atoms with Gasteiger partial charge in [-0.15, -0.1) is 11.3 Å². The Morgan fingerprint density at radius 1 is 1.71 bits per heavy atom. The van der Waals surface area contributed by atoms with Crippen molar-refractivity contribution in [1.29, 1.82) is 0 Å². The summed E-state index contributed by atoms with van der Waals surface area (Å²) in [7, 11) is 0. The number of hydrogen-bond donors (Lipinski definition) is 2. The minimum atomic E-state index is 0.679. The lowest BCUT2D eigenvalue weighted by Crippen LogP contribution is -2.21. The van der Waals surface area contributed by atoms with E-state index in [0.29, 0.717) is 5.13 Å². The van der Waals surface area contributed by atoms with Crippen LogP contribution in [0.3, 0.4) is 0 Å². The SMILES string of the molecule is CCC1CC1NCCc1csc(N)n1. The molecule has 0 radical (unpaired) electrons. The van der Waals surface area contributed by atoms with E-state index in [1.54, 1.807) is 0 Å². The number of nitrogens with zero attached hydrogens (tertiary/aromatic N) is 1. The summed E-state index contributed by atoms with van der Waals surface area (Å²) in [4.78, 5) is 4.22. The van der Waals surface area contributed by atoms with E-state index in [4.69, 9.17) is 5.73 Å². The minimum absolute atomic E-state index is 0.679. The highest BCUT2D eigenvalue weighted by atomic mass is 32.1. The smallest absolute Gasteiger partial charge is 0.180 e. The van der Waals surface area contributed by atoms with Crippen LogP contribution in [0.4, 0.5) is 5.13 Å². The van der Waals surface area contributed by atoms with Crippen LogP contribution in [0.25, 0.3) is 0 Å². The number of hydrogen-bond acceptors (Lipinski definition) is 4. The Morgan fingerprint density at radius 3 is 3.14 bits per heavy atom. The standard InChI is InChI=1S/C10H17N3S/c1-2-7-5-9(7)12-4-3-8-6-14-10(11)13-8/h6-7,9,12H,2-5H2,1H3,(H2,11,13).